The highest BCUT2D eigenvalue weighted by atomic mass is 19.1. The highest BCUT2D eigenvalue weighted by molar-refractivity contribution is 6.05. The van der Waals surface area contributed by atoms with E-state index in [1.807, 2.05) is 19.1 Å². The molecule has 3 amide bonds. The minimum atomic E-state index is -1.48. The summed E-state index contributed by atoms with van der Waals surface area (Å²) in [5.41, 5.74) is 8.77. The quantitative estimate of drug-likeness (QED) is 0.250. The summed E-state index contributed by atoms with van der Waals surface area (Å²) in [6, 6.07) is 18.3. The minimum absolute atomic E-state index is 0.0909. The average Bonchev–Trinajstić information content (AvgIpc) is 3.59. The summed E-state index contributed by atoms with van der Waals surface area (Å²) in [6.45, 7) is 1.09. The number of likely N-dealkylation sites (tertiary alicyclic amines) is 1. The number of carbonyl (C=O) groups is 3. The van der Waals surface area contributed by atoms with Crippen molar-refractivity contribution in [3.63, 3.8) is 0 Å². The third-order valence-corrected chi connectivity index (χ3v) is 7.89. The van der Waals surface area contributed by atoms with Gasteiger partial charge in [0.15, 0.2) is 11.5 Å². The molecule has 1 aliphatic heterocycles. The molecule has 2 atom stereocenters. The average molecular weight is 613 g/mol. The van der Waals surface area contributed by atoms with Gasteiger partial charge in [-0.2, -0.15) is 9.49 Å². The van der Waals surface area contributed by atoms with Gasteiger partial charge in [-0.1, -0.05) is 42.5 Å². The van der Waals surface area contributed by atoms with Crippen molar-refractivity contribution in [2.75, 3.05) is 11.9 Å². The Balaban J connectivity index is 1.25. The van der Waals surface area contributed by atoms with Crippen molar-refractivity contribution in [2.24, 2.45) is 5.73 Å². The third kappa shape index (κ3) is 5.74. The monoisotopic (exact) mass is 612 g/mol. The van der Waals surface area contributed by atoms with E-state index in [0.29, 0.717) is 33.2 Å². The van der Waals surface area contributed by atoms with Crippen LogP contribution in [0, 0.1) is 18.7 Å². The number of benzene rings is 3. The Morgan fingerprint density at radius 2 is 1.73 bits per heavy atom. The number of hydrogen-bond donors (Lipinski definition) is 2. The number of amides is 3. The molecule has 1 aliphatic rings. The Kier molecular flexibility index (Phi) is 7.79. The van der Waals surface area contributed by atoms with Gasteiger partial charge in [0, 0.05) is 29.1 Å². The van der Waals surface area contributed by atoms with Crippen LogP contribution in [-0.4, -0.2) is 56.1 Å². The lowest BCUT2D eigenvalue weighted by atomic mass is 9.99. The number of nitrogens with two attached hydrogens (primary N) is 1. The summed E-state index contributed by atoms with van der Waals surface area (Å²) < 4.78 is 44.8. The van der Waals surface area contributed by atoms with E-state index in [1.165, 1.54) is 29.1 Å². The Bertz CT molecular complexity index is 1960. The maximum atomic E-state index is 15.5. The van der Waals surface area contributed by atoms with Gasteiger partial charge in [0.05, 0.1) is 17.7 Å². The maximum Gasteiger partial charge on any atom is 0.269 e. The number of fused-ring (bicyclic) bond motifs is 1. The molecule has 0 spiro atoms. The molecule has 0 bridgehead atoms. The highest BCUT2D eigenvalue weighted by Gasteiger charge is 2.40. The second-order valence-corrected chi connectivity index (χ2v) is 10.8. The van der Waals surface area contributed by atoms with E-state index in [2.05, 4.69) is 15.4 Å². The Morgan fingerprint density at radius 1 is 0.978 bits per heavy atom. The number of nitrogens with zero attached hydrogens (tertiary/aromatic N) is 4. The molecule has 12 heteroatoms. The van der Waals surface area contributed by atoms with Crippen molar-refractivity contribution in [3.05, 3.63) is 102 Å². The van der Waals surface area contributed by atoms with Crippen LogP contribution >= 0.6 is 0 Å². The number of pyridine rings is 1. The number of anilines is 1. The zero-order valence-corrected chi connectivity index (χ0v) is 24.0. The third-order valence-electron chi connectivity index (χ3n) is 7.89. The van der Waals surface area contributed by atoms with Gasteiger partial charge >= 0.3 is 0 Å². The summed E-state index contributed by atoms with van der Waals surface area (Å²) in [5.74, 6) is -3.49. The van der Waals surface area contributed by atoms with Crippen LogP contribution in [0.4, 0.5) is 18.9 Å². The number of primary amides is 1. The summed E-state index contributed by atoms with van der Waals surface area (Å²) in [5, 5.41) is 7.12. The number of aromatic nitrogens is 3. The molecule has 0 saturated carbocycles. The van der Waals surface area contributed by atoms with Crippen molar-refractivity contribution < 1.29 is 27.6 Å². The lowest BCUT2D eigenvalue weighted by Crippen LogP contribution is -2.44. The van der Waals surface area contributed by atoms with Gasteiger partial charge in [-0.3, -0.25) is 19.1 Å². The standard InChI is InChI=1S/C33H27F3N6O3/c1-18-5-2-3-6-22(18)23-7-4-8-25(30(23)36)39-33(45)27-14-21(34)16-41(27)29(43)17-42-26-11-9-19(20-10-12-28(35)38-15-20)13-24(26)31(40-42)32(37)44/h2-13,15,21,27H,14,16-17H2,1H3,(H2,37,44)(H,39,45)/t21-,27+/m1/s1. The van der Waals surface area contributed by atoms with Crippen molar-refractivity contribution >= 4 is 34.3 Å². The molecule has 3 N–H and O–H groups in total. The summed E-state index contributed by atoms with van der Waals surface area (Å²) in [6.07, 6.45) is -0.404. The van der Waals surface area contributed by atoms with Crippen LogP contribution in [0.15, 0.2) is 79.0 Å². The molecule has 0 radical (unpaired) electrons. The van der Waals surface area contributed by atoms with Crippen LogP contribution < -0.4 is 11.1 Å². The normalized spacial score (nSPS) is 16.2. The first kappa shape index (κ1) is 29.5. The van der Waals surface area contributed by atoms with E-state index < -0.39 is 48.2 Å². The predicted octanol–water partition coefficient (Wildman–Crippen LogP) is 5.03. The molecule has 5 aromatic rings. The van der Waals surface area contributed by atoms with Gasteiger partial charge in [-0.15, -0.1) is 0 Å². The van der Waals surface area contributed by atoms with Gasteiger partial charge in [0.1, 0.15) is 18.8 Å². The number of rotatable bonds is 7. The van der Waals surface area contributed by atoms with Gasteiger partial charge in [0.25, 0.3) is 5.91 Å². The lowest BCUT2D eigenvalue weighted by molar-refractivity contribution is -0.137. The fraction of sp³-hybridized carbons (Fsp3) is 0.182. The fourth-order valence-electron chi connectivity index (χ4n) is 5.66. The van der Waals surface area contributed by atoms with Crippen LogP contribution in [0.3, 0.4) is 0 Å². The predicted molar refractivity (Wildman–Crippen MR) is 162 cm³/mol. The second-order valence-electron chi connectivity index (χ2n) is 10.8. The van der Waals surface area contributed by atoms with Crippen molar-refractivity contribution in [2.45, 2.75) is 32.1 Å². The van der Waals surface area contributed by atoms with Crippen LogP contribution in [-0.2, 0) is 16.1 Å². The first-order valence-corrected chi connectivity index (χ1v) is 14.1. The van der Waals surface area contributed by atoms with Gasteiger partial charge in [-0.25, -0.2) is 13.8 Å². The van der Waals surface area contributed by atoms with Crippen molar-refractivity contribution in [1.29, 1.82) is 0 Å². The Morgan fingerprint density at radius 3 is 2.47 bits per heavy atom. The molecule has 228 valence electrons. The van der Waals surface area contributed by atoms with Crippen LogP contribution in [0.2, 0.25) is 0 Å². The number of aryl methyl sites for hydroxylation is 1. The summed E-state index contributed by atoms with van der Waals surface area (Å²) >= 11 is 0. The van der Waals surface area contributed by atoms with E-state index in [4.69, 9.17) is 5.73 Å². The first-order chi connectivity index (χ1) is 21.6. The number of nitrogens with one attached hydrogen (secondary N) is 1. The van der Waals surface area contributed by atoms with Gasteiger partial charge in [-0.05, 0) is 53.9 Å². The van der Waals surface area contributed by atoms with E-state index in [0.717, 1.165) is 10.5 Å². The lowest BCUT2D eigenvalue weighted by Gasteiger charge is -2.24. The smallest absolute Gasteiger partial charge is 0.269 e. The van der Waals surface area contributed by atoms with Gasteiger partial charge < -0.3 is 16.0 Å². The number of halogens is 3. The zero-order valence-electron chi connectivity index (χ0n) is 24.0. The number of carbonyl (C=O) groups excluding carboxylic acids is 3. The molecule has 6 rings (SSSR count). The molecule has 3 aromatic carbocycles. The van der Waals surface area contributed by atoms with Crippen molar-refractivity contribution in [1.82, 2.24) is 19.7 Å². The fourth-order valence-corrected chi connectivity index (χ4v) is 5.66. The molecule has 9 nitrogen and oxygen atoms in total. The zero-order chi connectivity index (χ0) is 31.8. The molecular formula is C33H27F3N6O3. The molecule has 45 heavy (non-hydrogen) atoms. The van der Waals surface area contributed by atoms with Crippen LogP contribution in [0.5, 0.6) is 0 Å². The molecule has 2 aromatic heterocycles. The van der Waals surface area contributed by atoms with E-state index in [9.17, 15) is 23.2 Å². The first-order valence-electron chi connectivity index (χ1n) is 14.1. The summed E-state index contributed by atoms with van der Waals surface area (Å²) in [7, 11) is 0. The van der Waals surface area contributed by atoms with E-state index in [1.54, 1.807) is 42.5 Å². The largest absolute Gasteiger partial charge is 0.364 e. The van der Waals surface area contributed by atoms with E-state index in [-0.39, 0.29) is 24.3 Å². The Hall–Kier alpha value is -5.52. The SMILES string of the molecule is Cc1ccccc1-c1cccc(NC(=O)[C@@H]2C[C@@H](F)CN2C(=O)Cn2nc(C(N)=O)c3cc(-c4ccc(F)nc4)ccc32)c1F. The Labute approximate surface area is 255 Å². The maximum absolute atomic E-state index is 15.5. The topological polar surface area (TPSA) is 123 Å². The number of alkyl halides is 1. The number of hydrogen-bond acceptors (Lipinski definition) is 5. The highest BCUT2D eigenvalue weighted by Crippen LogP contribution is 2.31. The van der Waals surface area contributed by atoms with Crippen LogP contribution in [0.1, 0.15) is 22.5 Å². The summed E-state index contributed by atoms with van der Waals surface area (Å²) in [4.78, 5) is 43.8. The molecule has 1 saturated heterocycles. The molecule has 0 unspecified atom stereocenters. The van der Waals surface area contributed by atoms with E-state index >= 15 is 4.39 Å². The molecule has 3 heterocycles. The van der Waals surface area contributed by atoms with Crippen LogP contribution in [0.25, 0.3) is 33.2 Å². The minimum Gasteiger partial charge on any atom is -0.364 e. The molecule has 0 aliphatic carbocycles. The molecule has 1 fully saturated rings. The van der Waals surface area contributed by atoms with Gasteiger partial charge in [0.2, 0.25) is 17.8 Å². The van der Waals surface area contributed by atoms with Crippen molar-refractivity contribution in [3.8, 4) is 22.3 Å². The molecular weight excluding hydrogens is 585 g/mol. The second kappa shape index (κ2) is 11.9.